The predicted octanol–water partition coefficient (Wildman–Crippen LogP) is 1.08. The van der Waals surface area contributed by atoms with Crippen molar-refractivity contribution in [2.45, 2.75) is 25.0 Å². The minimum absolute atomic E-state index is 0.355. The summed E-state index contributed by atoms with van der Waals surface area (Å²) in [6.07, 6.45) is 6.60. The van der Waals surface area contributed by atoms with Gasteiger partial charge in [0.1, 0.15) is 4.99 Å². The second-order valence-corrected chi connectivity index (χ2v) is 5.06. The molecule has 5 heteroatoms. The van der Waals surface area contributed by atoms with Crippen molar-refractivity contribution >= 4 is 22.9 Å². The molecule has 2 N–H and O–H groups in total. The van der Waals surface area contributed by atoms with Gasteiger partial charge in [0, 0.05) is 24.8 Å². The molecule has 2 aliphatic heterocycles. The minimum atomic E-state index is 0.355. The van der Waals surface area contributed by atoms with E-state index in [1.165, 1.54) is 0 Å². The Labute approximate surface area is 106 Å². The highest BCUT2D eigenvalue weighted by atomic mass is 32.1. The highest BCUT2D eigenvalue weighted by Gasteiger charge is 2.34. The SMILES string of the molecule is NC(=S)c1ccncc1N1CC2CCC(C1)O2. The number of morpholine rings is 1. The quantitative estimate of drug-likeness (QED) is 0.795. The topological polar surface area (TPSA) is 51.4 Å². The van der Waals surface area contributed by atoms with E-state index in [2.05, 4.69) is 9.88 Å². The second kappa shape index (κ2) is 4.23. The lowest BCUT2D eigenvalue weighted by Gasteiger charge is -2.34. The Morgan fingerprint density at radius 3 is 2.76 bits per heavy atom. The molecule has 2 unspecified atom stereocenters. The molecule has 2 fully saturated rings. The lowest BCUT2D eigenvalue weighted by molar-refractivity contribution is 0.0304. The summed E-state index contributed by atoms with van der Waals surface area (Å²) in [5.41, 5.74) is 7.71. The molecule has 1 aromatic heterocycles. The van der Waals surface area contributed by atoms with Crippen molar-refractivity contribution in [1.29, 1.82) is 0 Å². The number of nitrogens with two attached hydrogens (primary N) is 1. The van der Waals surface area contributed by atoms with Gasteiger partial charge in [-0.2, -0.15) is 0 Å². The molecule has 17 heavy (non-hydrogen) atoms. The first kappa shape index (κ1) is 10.9. The van der Waals surface area contributed by atoms with E-state index in [1.807, 2.05) is 12.3 Å². The number of hydrogen-bond donors (Lipinski definition) is 1. The van der Waals surface area contributed by atoms with Gasteiger partial charge in [-0.25, -0.2) is 0 Å². The molecule has 0 aliphatic carbocycles. The van der Waals surface area contributed by atoms with Crippen LogP contribution in [0.3, 0.4) is 0 Å². The zero-order valence-corrected chi connectivity index (χ0v) is 10.3. The van der Waals surface area contributed by atoms with Crippen molar-refractivity contribution in [2.24, 2.45) is 5.73 Å². The zero-order chi connectivity index (χ0) is 11.8. The van der Waals surface area contributed by atoms with Crippen molar-refractivity contribution in [3.63, 3.8) is 0 Å². The van der Waals surface area contributed by atoms with Crippen molar-refractivity contribution in [3.8, 4) is 0 Å². The van der Waals surface area contributed by atoms with Gasteiger partial charge in [-0.15, -0.1) is 0 Å². The first-order valence-electron chi connectivity index (χ1n) is 5.88. The highest BCUT2D eigenvalue weighted by molar-refractivity contribution is 7.80. The van der Waals surface area contributed by atoms with Gasteiger partial charge < -0.3 is 15.4 Å². The second-order valence-electron chi connectivity index (χ2n) is 4.62. The number of ether oxygens (including phenoxy) is 1. The fraction of sp³-hybridized carbons (Fsp3) is 0.500. The van der Waals surface area contributed by atoms with Crippen LogP contribution in [0, 0.1) is 0 Å². The van der Waals surface area contributed by atoms with Gasteiger partial charge in [0.15, 0.2) is 0 Å². The van der Waals surface area contributed by atoms with Gasteiger partial charge >= 0.3 is 0 Å². The minimum Gasteiger partial charge on any atom is -0.389 e. The van der Waals surface area contributed by atoms with Crippen LogP contribution in [0.2, 0.25) is 0 Å². The summed E-state index contributed by atoms with van der Waals surface area (Å²) >= 11 is 5.09. The third kappa shape index (κ3) is 2.00. The fourth-order valence-electron chi connectivity index (χ4n) is 2.66. The normalized spacial score (nSPS) is 27.2. The molecule has 90 valence electrons. The third-order valence-corrected chi connectivity index (χ3v) is 3.67. The van der Waals surface area contributed by atoms with Gasteiger partial charge in [0.2, 0.25) is 0 Å². The Hall–Kier alpha value is -1.20. The third-order valence-electron chi connectivity index (χ3n) is 3.45. The largest absolute Gasteiger partial charge is 0.389 e. The molecule has 2 atom stereocenters. The molecule has 3 rings (SSSR count). The van der Waals surface area contributed by atoms with E-state index in [1.54, 1.807) is 6.20 Å². The predicted molar refractivity (Wildman–Crippen MR) is 70.2 cm³/mol. The molecule has 2 aliphatic rings. The Kier molecular flexibility index (Phi) is 2.72. The number of nitrogens with zero attached hydrogens (tertiary/aromatic N) is 2. The number of thiocarbonyl (C=S) groups is 1. The summed E-state index contributed by atoms with van der Waals surface area (Å²) in [6.45, 7) is 1.83. The summed E-state index contributed by atoms with van der Waals surface area (Å²) < 4.78 is 5.82. The fourth-order valence-corrected chi connectivity index (χ4v) is 2.83. The van der Waals surface area contributed by atoms with E-state index in [4.69, 9.17) is 22.7 Å². The molecule has 0 saturated carbocycles. The maximum Gasteiger partial charge on any atom is 0.106 e. The maximum absolute atomic E-state index is 5.82. The summed E-state index contributed by atoms with van der Waals surface area (Å²) in [6, 6.07) is 1.88. The molecule has 0 radical (unpaired) electrons. The van der Waals surface area contributed by atoms with Crippen LogP contribution >= 0.6 is 12.2 Å². The lowest BCUT2D eigenvalue weighted by Crippen LogP contribution is -2.43. The average molecular weight is 249 g/mol. The van der Waals surface area contributed by atoms with Crippen molar-refractivity contribution in [1.82, 2.24) is 4.98 Å². The van der Waals surface area contributed by atoms with Crippen LogP contribution in [-0.2, 0) is 4.74 Å². The summed E-state index contributed by atoms with van der Waals surface area (Å²) in [4.78, 5) is 6.91. The van der Waals surface area contributed by atoms with E-state index >= 15 is 0 Å². The van der Waals surface area contributed by atoms with Gasteiger partial charge in [0.05, 0.1) is 24.1 Å². The molecule has 2 bridgehead atoms. The number of aromatic nitrogens is 1. The number of pyridine rings is 1. The van der Waals surface area contributed by atoms with Crippen molar-refractivity contribution in [2.75, 3.05) is 18.0 Å². The molecule has 0 spiro atoms. The smallest absolute Gasteiger partial charge is 0.106 e. The molecular weight excluding hydrogens is 234 g/mol. The molecule has 4 nitrogen and oxygen atoms in total. The maximum atomic E-state index is 5.82. The van der Waals surface area contributed by atoms with E-state index in [-0.39, 0.29) is 0 Å². The molecular formula is C12H15N3OS. The Bertz CT molecular complexity index is 439. The van der Waals surface area contributed by atoms with Gasteiger partial charge in [-0.05, 0) is 18.9 Å². The summed E-state index contributed by atoms with van der Waals surface area (Å²) in [5.74, 6) is 0. The molecule has 0 aromatic carbocycles. The number of fused-ring (bicyclic) bond motifs is 2. The summed E-state index contributed by atoms with van der Waals surface area (Å²) in [5, 5.41) is 0. The highest BCUT2D eigenvalue weighted by Crippen LogP contribution is 2.30. The Morgan fingerprint density at radius 1 is 1.41 bits per heavy atom. The van der Waals surface area contributed by atoms with Gasteiger partial charge in [0.25, 0.3) is 0 Å². The van der Waals surface area contributed by atoms with Crippen molar-refractivity contribution < 1.29 is 4.74 Å². The Balaban J connectivity index is 1.91. The monoisotopic (exact) mass is 249 g/mol. The number of anilines is 1. The van der Waals surface area contributed by atoms with E-state index < -0.39 is 0 Å². The standard InChI is InChI=1S/C12H15N3OS/c13-12(17)10-3-4-14-5-11(10)15-6-8-1-2-9(7-15)16-8/h3-5,8-9H,1-2,6-7H2,(H2,13,17). The molecule has 2 saturated heterocycles. The van der Waals surface area contributed by atoms with Gasteiger partial charge in [-0.1, -0.05) is 12.2 Å². The number of rotatable bonds is 2. The van der Waals surface area contributed by atoms with Crippen LogP contribution in [0.4, 0.5) is 5.69 Å². The average Bonchev–Trinajstić information content (AvgIpc) is 2.68. The first-order valence-corrected chi connectivity index (χ1v) is 6.29. The molecule has 3 heterocycles. The van der Waals surface area contributed by atoms with Crippen LogP contribution in [0.15, 0.2) is 18.5 Å². The van der Waals surface area contributed by atoms with E-state index in [9.17, 15) is 0 Å². The van der Waals surface area contributed by atoms with Crippen LogP contribution in [0.5, 0.6) is 0 Å². The van der Waals surface area contributed by atoms with Crippen LogP contribution < -0.4 is 10.6 Å². The lowest BCUT2D eigenvalue weighted by atomic mass is 10.2. The van der Waals surface area contributed by atoms with Crippen LogP contribution in [0.1, 0.15) is 18.4 Å². The van der Waals surface area contributed by atoms with Crippen LogP contribution in [-0.4, -0.2) is 35.3 Å². The Morgan fingerprint density at radius 2 is 2.12 bits per heavy atom. The van der Waals surface area contributed by atoms with Crippen LogP contribution in [0.25, 0.3) is 0 Å². The van der Waals surface area contributed by atoms with Crippen molar-refractivity contribution in [3.05, 3.63) is 24.0 Å². The van der Waals surface area contributed by atoms with E-state index in [0.717, 1.165) is 37.2 Å². The zero-order valence-electron chi connectivity index (χ0n) is 9.50. The number of hydrogen-bond acceptors (Lipinski definition) is 4. The molecule has 1 aromatic rings. The first-order chi connectivity index (χ1) is 8.24. The van der Waals surface area contributed by atoms with Gasteiger partial charge in [-0.3, -0.25) is 4.98 Å². The van der Waals surface area contributed by atoms with E-state index in [0.29, 0.717) is 17.2 Å². The molecule has 0 amide bonds. The summed E-state index contributed by atoms with van der Waals surface area (Å²) in [7, 11) is 0.